The van der Waals surface area contributed by atoms with E-state index in [-0.39, 0.29) is 0 Å². The quantitative estimate of drug-likeness (QED) is 0.760. The van der Waals surface area contributed by atoms with Gasteiger partial charge in [0.2, 0.25) is 0 Å². The highest BCUT2D eigenvalue weighted by atomic mass is 15.3. The number of anilines is 1. The summed E-state index contributed by atoms with van der Waals surface area (Å²) in [6.45, 7) is 2.83. The van der Waals surface area contributed by atoms with Gasteiger partial charge in [0.1, 0.15) is 5.82 Å². The summed E-state index contributed by atoms with van der Waals surface area (Å²) in [6.07, 6.45) is 13.4. The molecule has 3 aromatic rings. The fraction of sp³-hybridized carbons (Fsp3) is 0.450. The highest BCUT2D eigenvalue weighted by Crippen LogP contribution is 2.27. The van der Waals surface area contributed by atoms with E-state index in [1.54, 1.807) is 0 Å². The van der Waals surface area contributed by atoms with Crippen LogP contribution in [-0.4, -0.2) is 19.6 Å². The molecule has 0 bridgehead atoms. The van der Waals surface area contributed by atoms with Crippen molar-refractivity contribution >= 4 is 11.5 Å². The van der Waals surface area contributed by atoms with Gasteiger partial charge in [0.15, 0.2) is 5.65 Å². The molecule has 3 heterocycles. The number of aryl methyl sites for hydroxylation is 1. The molecule has 0 radical (unpaired) electrons. The summed E-state index contributed by atoms with van der Waals surface area (Å²) >= 11 is 0. The Morgan fingerprint density at radius 1 is 1.16 bits per heavy atom. The van der Waals surface area contributed by atoms with Crippen molar-refractivity contribution in [3.63, 3.8) is 0 Å². The maximum Gasteiger partial charge on any atom is 0.160 e. The van der Waals surface area contributed by atoms with Crippen molar-refractivity contribution in [2.24, 2.45) is 5.92 Å². The van der Waals surface area contributed by atoms with Gasteiger partial charge in [-0.1, -0.05) is 32.1 Å². The minimum absolute atomic E-state index is 0.753. The first kappa shape index (κ1) is 16.1. The average Bonchev–Trinajstić information content (AvgIpc) is 3.03. The molecule has 0 spiro atoms. The Bertz CT molecular complexity index is 834. The zero-order chi connectivity index (χ0) is 17.1. The third-order valence-electron chi connectivity index (χ3n) is 5.15. The van der Waals surface area contributed by atoms with Crippen LogP contribution >= 0.6 is 0 Å². The van der Waals surface area contributed by atoms with Crippen LogP contribution in [0.5, 0.6) is 0 Å². The minimum Gasteiger partial charge on any atom is -0.366 e. The number of hydrogen-bond acceptors (Lipinski definition) is 4. The molecule has 0 aliphatic heterocycles. The summed E-state index contributed by atoms with van der Waals surface area (Å²) in [5, 5.41) is 8.03. The fourth-order valence-electron chi connectivity index (χ4n) is 3.73. The average molecular weight is 335 g/mol. The van der Waals surface area contributed by atoms with Gasteiger partial charge >= 0.3 is 0 Å². The van der Waals surface area contributed by atoms with Crippen LogP contribution in [0, 0.1) is 12.8 Å². The van der Waals surface area contributed by atoms with Crippen molar-refractivity contribution in [3.8, 4) is 0 Å². The van der Waals surface area contributed by atoms with Gasteiger partial charge in [0.25, 0.3) is 0 Å². The third-order valence-corrected chi connectivity index (χ3v) is 5.15. The predicted octanol–water partition coefficient (Wildman–Crippen LogP) is 4.17. The lowest BCUT2D eigenvalue weighted by Gasteiger charge is -2.21. The highest BCUT2D eigenvalue weighted by Gasteiger charge is 2.16. The van der Waals surface area contributed by atoms with Crippen LogP contribution in [0.3, 0.4) is 0 Å². The van der Waals surface area contributed by atoms with E-state index in [0.717, 1.165) is 35.9 Å². The van der Waals surface area contributed by atoms with Gasteiger partial charge in [0.05, 0.1) is 6.20 Å². The second kappa shape index (κ2) is 7.21. The van der Waals surface area contributed by atoms with Gasteiger partial charge in [-0.25, -0.2) is 4.98 Å². The summed E-state index contributed by atoms with van der Waals surface area (Å²) in [5.74, 6) is 1.79. The molecule has 4 rings (SSSR count). The van der Waals surface area contributed by atoms with Crippen LogP contribution in [0.2, 0.25) is 0 Å². The molecule has 1 saturated carbocycles. The van der Waals surface area contributed by atoms with E-state index < -0.39 is 0 Å². The SMILES string of the molecule is Cc1cnn2c(NCc3ccncc3)cc(CC3CCCCC3)nc12. The van der Waals surface area contributed by atoms with Gasteiger partial charge in [0, 0.05) is 36.3 Å². The van der Waals surface area contributed by atoms with Crippen molar-refractivity contribution in [2.45, 2.75) is 52.0 Å². The maximum atomic E-state index is 4.89. The number of pyridine rings is 1. The Kier molecular flexibility index (Phi) is 4.63. The molecule has 130 valence electrons. The van der Waals surface area contributed by atoms with Gasteiger partial charge < -0.3 is 5.32 Å². The van der Waals surface area contributed by atoms with Crippen LogP contribution in [0.4, 0.5) is 5.82 Å². The van der Waals surface area contributed by atoms with Gasteiger partial charge in [-0.15, -0.1) is 0 Å². The maximum absolute atomic E-state index is 4.89. The zero-order valence-electron chi connectivity index (χ0n) is 14.8. The molecular weight excluding hydrogens is 310 g/mol. The Morgan fingerprint density at radius 3 is 2.76 bits per heavy atom. The third kappa shape index (κ3) is 3.65. The first-order valence-corrected chi connectivity index (χ1v) is 9.26. The summed E-state index contributed by atoms with van der Waals surface area (Å²) in [6, 6.07) is 6.24. The van der Waals surface area contributed by atoms with E-state index in [1.165, 1.54) is 43.4 Å². The van der Waals surface area contributed by atoms with Crippen LogP contribution in [-0.2, 0) is 13.0 Å². The Morgan fingerprint density at radius 2 is 1.96 bits per heavy atom. The molecule has 0 aromatic carbocycles. The Hall–Kier alpha value is -2.43. The summed E-state index contributed by atoms with van der Waals surface area (Å²) in [7, 11) is 0. The van der Waals surface area contributed by atoms with E-state index in [4.69, 9.17) is 4.98 Å². The van der Waals surface area contributed by atoms with Crippen molar-refractivity contribution in [1.29, 1.82) is 0 Å². The van der Waals surface area contributed by atoms with E-state index in [2.05, 4.69) is 28.4 Å². The van der Waals surface area contributed by atoms with Gasteiger partial charge in [-0.3, -0.25) is 4.98 Å². The number of hydrogen-bond donors (Lipinski definition) is 1. The lowest BCUT2D eigenvalue weighted by molar-refractivity contribution is 0.354. The number of nitrogens with one attached hydrogen (secondary N) is 1. The molecular formula is C20H25N5. The largest absolute Gasteiger partial charge is 0.366 e. The fourth-order valence-corrected chi connectivity index (χ4v) is 3.73. The summed E-state index contributed by atoms with van der Waals surface area (Å²) in [4.78, 5) is 8.97. The van der Waals surface area contributed by atoms with E-state index >= 15 is 0 Å². The molecule has 0 saturated heterocycles. The predicted molar refractivity (Wildman–Crippen MR) is 99.6 cm³/mol. The van der Waals surface area contributed by atoms with Crippen molar-refractivity contribution in [3.05, 3.63) is 53.6 Å². The number of nitrogens with zero attached hydrogens (tertiary/aromatic N) is 4. The molecule has 1 aliphatic rings. The molecule has 1 N–H and O–H groups in total. The van der Waals surface area contributed by atoms with E-state index in [1.807, 2.05) is 35.2 Å². The number of aromatic nitrogens is 4. The molecule has 1 fully saturated rings. The lowest BCUT2D eigenvalue weighted by atomic mass is 9.86. The smallest absolute Gasteiger partial charge is 0.160 e. The minimum atomic E-state index is 0.753. The van der Waals surface area contributed by atoms with Crippen LogP contribution in [0.1, 0.15) is 48.9 Å². The number of fused-ring (bicyclic) bond motifs is 1. The van der Waals surface area contributed by atoms with Crippen LogP contribution in [0.25, 0.3) is 5.65 Å². The van der Waals surface area contributed by atoms with Crippen LogP contribution < -0.4 is 5.32 Å². The lowest BCUT2D eigenvalue weighted by Crippen LogP contribution is -2.12. The zero-order valence-corrected chi connectivity index (χ0v) is 14.8. The molecule has 5 nitrogen and oxygen atoms in total. The second-order valence-corrected chi connectivity index (χ2v) is 7.11. The Labute approximate surface area is 148 Å². The van der Waals surface area contributed by atoms with Gasteiger partial charge in [-0.05, 0) is 37.0 Å². The molecule has 0 unspecified atom stereocenters. The second-order valence-electron chi connectivity index (χ2n) is 7.11. The molecule has 3 aromatic heterocycles. The first-order chi connectivity index (χ1) is 12.3. The first-order valence-electron chi connectivity index (χ1n) is 9.26. The van der Waals surface area contributed by atoms with Gasteiger partial charge in [-0.2, -0.15) is 9.61 Å². The number of rotatable bonds is 5. The van der Waals surface area contributed by atoms with E-state index in [9.17, 15) is 0 Å². The summed E-state index contributed by atoms with van der Waals surface area (Å²) in [5.41, 5.74) is 4.47. The molecule has 0 atom stereocenters. The van der Waals surface area contributed by atoms with Crippen molar-refractivity contribution in [1.82, 2.24) is 19.6 Å². The normalized spacial score (nSPS) is 15.6. The Balaban J connectivity index is 1.59. The van der Waals surface area contributed by atoms with E-state index in [0.29, 0.717) is 0 Å². The van der Waals surface area contributed by atoms with Crippen molar-refractivity contribution < 1.29 is 0 Å². The molecule has 25 heavy (non-hydrogen) atoms. The summed E-state index contributed by atoms with van der Waals surface area (Å²) < 4.78 is 1.92. The molecule has 5 heteroatoms. The van der Waals surface area contributed by atoms with Crippen LogP contribution in [0.15, 0.2) is 36.8 Å². The topological polar surface area (TPSA) is 55.1 Å². The molecule has 0 amide bonds. The monoisotopic (exact) mass is 335 g/mol. The van der Waals surface area contributed by atoms with Crippen molar-refractivity contribution in [2.75, 3.05) is 5.32 Å². The molecule has 1 aliphatic carbocycles. The highest BCUT2D eigenvalue weighted by molar-refractivity contribution is 5.54. The standard InChI is InChI=1S/C20H25N5/c1-15-13-23-25-19(22-14-17-7-9-21-10-8-17)12-18(24-20(15)25)11-16-5-3-2-4-6-16/h7-10,12-13,16,22H,2-6,11,14H2,1H3.